The van der Waals surface area contributed by atoms with Crippen molar-refractivity contribution in [3.63, 3.8) is 0 Å². The van der Waals surface area contributed by atoms with Crippen LogP contribution in [0.2, 0.25) is 0 Å². The first-order chi connectivity index (χ1) is 5.71. The lowest BCUT2D eigenvalue weighted by atomic mass is 9.88. The van der Waals surface area contributed by atoms with E-state index in [1.807, 2.05) is 13.8 Å². The predicted octanol–water partition coefficient (Wildman–Crippen LogP) is 3.08. The maximum Gasteiger partial charge on any atom is 0.0792 e. The van der Waals surface area contributed by atoms with Crippen LogP contribution in [0.4, 0.5) is 0 Å². The molecule has 0 unspecified atom stereocenters. The van der Waals surface area contributed by atoms with Crippen molar-refractivity contribution in [1.82, 2.24) is 0 Å². The molecule has 12 heavy (non-hydrogen) atoms. The molecule has 0 spiro atoms. The Morgan fingerprint density at radius 3 is 2.17 bits per heavy atom. The highest BCUT2D eigenvalue weighted by Crippen LogP contribution is 2.57. The van der Waals surface area contributed by atoms with Crippen molar-refractivity contribution >= 4 is 0 Å². The second kappa shape index (κ2) is 3.21. The lowest BCUT2D eigenvalue weighted by molar-refractivity contribution is 0.438. The molecule has 0 amide bonds. The van der Waals surface area contributed by atoms with E-state index in [1.54, 1.807) is 0 Å². The van der Waals surface area contributed by atoms with Crippen molar-refractivity contribution in [2.75, 3.05) is 0 Å². The van der Waals surface area contributed by atoms with E-state index in [-0.39, 0.29) is 5.41 Å². The van der Waals surface area contributed by atoms with Gasteiger partial charge in [0.1, 0.15) is 0 Å². The Labute approximate surface area is 73.2 Å². The van der Waals surface area contributed by atoms with Gasteiger partial charge in [0.05, 0.1) is 12.5 Å². The minimum absolute atomic E-state index is 0.00174. The minimum Gasteiger partial charge on any atom is -0.516 e. The summed E-state index contributed by atoms with van der Waals surface area (Å²) in [7, 11) is 0. The maximum absolute atomic E-state index is 8.98. The molecule has 2 nitrogen and oxygen atoms in total. The van der Waals surface area contributed by atoms with Gasteiger partial charge in [-0.3, -0.25) is 0 Å². The Bertz CT molecular complexity index is 222. The Morgan fingerprint density at radius 1 is 1.33 bits per heavy atom. The van der Waals surface area contributed by atoms with Crippen LogP contribution in [0.5, 0.6) is 0 Å². The van der Waals surface area contributed by atoms with Crippen LogP contribution < -0.4 is 0 Å². The van der Waals surface area contributed by atoms with Crippen LogP contribution in [0.1, 0.15) is 33.1 Å². The van der Waals surface area contributed by atoms with Crippen molar-refractivity contribution in [1.29, 1.82) is 0 Å². The molecule has 1 aliphatic carbocycles. The first-order valence-corrected chi connectivity index (χ1v) is 4.36. The third-order valence-electron chi connectivity index (χ3n) is 2.85. The SMILES string of the molecule is CC/C(=C/O)C1(/C(C)=C/O)CC1. The summed E-state index contributed by atoms with van der Waals surface area (Å²) in [5, 5.41) is 17.9. The second-order valence-electron chi connectivity index (χ2n) is 3.40. The Morgan fingerprint density at radius 2 is 1.92 bits per heavy atom. The fourth-order valence-corrected chi connectivity index (χ4v) is 1.77. The highest BCUT2D eigenvalue weighted by atomic mass is 16.2. The molecule has 0 bridgehead atoms. The van der Waals surface area contributed by atoms with E-state index in [1.165, 1.54) is 6.26 Å². The van der Waals surface area contributed by atoms with E-state index in [9.17, 15) is 0 Å². The van der Waals surface area contributed by atoms with Gasteiger partial charge in [-0.15, -0.1) is 0 Å². The van der Waals surface area contributed by atoms with Gasteiger partial charge in [0.2, 0.25) is 0 Å². The molecule has 2 heteroatoms. The third-order valence-corrected chi connectivity index (χ3v) is 2.85. The summed E-state index contributed by atoms with van der Waals surface area (Å²) in [4.78, 5) is 0. The van der Waals surface area contributed by atoms with Crippen LogP contribution in [0.15, 0.2) is 23.7 Å². The van der Waals surface area contributed by atoms with Gasteiger partial charge < -0.3 is 10.2 Å². The summed E-state index contributed by atoms with van der Waals surface area (Å²) >= 11 is 0. The fraction of sp³-hybridized carbons (Fsp3) is 0.600. The van der Waals surface area contributed by atoms with Gasteiger partial charge in [0, 0.05) is 5.41 Å². The Kier molecular flexibility index (Phi) is 2.46. The lowest BCUT2D eigenvalue weighted by Gasteiger charge is -2.16. The number of allylic oxidation sites excluding steroid dienone is 2. The molecule has 0 saturated heterocycles. The molecular weight excluding hydrogens is 152 g/mol. The normalized spacial score (nSPS) is 22.5. The van der Waals surface area contributed by atoms with Crippen LogP contribution in [-0.4, -0.2) is 10.2 Å². The first kappa shape index (κ1) is 9.17. The van der Waals surface area contributed by atoms with Crippen molar-refractivity contribution in [3.8, 4) is 0 Å². The quantitative estimate of drug-likeness (QED) is 0.636. The van der Waals surface area contributed by atoms with Crippen LogP contribution in [0.25, 0.3) is 0 Å². The third kappa shape index (κ3) is 1.22. The largest absolute Gasteiger partial charge is 0.516 e. The minimum atomic E-state index is -0.00174. The standard InChI is InChI=1S/C10H16O2/c1-3-9(7-12)10(4-5-10)8(2)6-11/h6-7,11-12H,3-5H2,1-2H3/b8-6+,9-7-. The van der Waals surface area contributed by atoms with Gasteiger partial charge in [-0.1, -0.05) is 6.92 Å². The molecule has 68 valence electrons. The smallest absolute Gasteiger partial charge is 0.0792 e. The molecule has 0 radical (unpaired) electrons. The average molecular weight is 168 g/mol. The zero-order valence-corrected chi connectivity index (χ0v) is 7.67. The molecule has 0 aromatic carbocycles. The lowest BCUT2D eigenvalue weighted by Crippen LogP contribution is -2.06. The summed E-state index contributed by atoms with van der Waals surface area (Å²) in [5.41, 5.74) is 1.99. The number of rotatable bonds is 3. The first-order valence-electron chi connectivity index (χ1n) is 4.36. The van der Waals surface area contributed by atoms with Crippen LogP contribution >= 0.6 is 0 Å². The average Bonchev–Trinajstić information content (AvgIpc) is 2.87. The van der Waals surface area contributed by atoms with Crippen LogP contribution in [-0.2, 0) is 0 Å². The molecule has 0 aliphatic heterocycles. The van der Waals surface area contributed by atoms with Crippen molar-refractivity contribution in [3.05, 3.63) is 23.7 Å². The van der Waals surface area contributed by atoms with Gasteiger partial charge in [-0.2, -0.15) is 0 Å². The highest BCUT2D eigenvalue weighted by molar-refractivity contribution is 5.33. The Balaban J connectivity index is 2.86. The van der Waals surface area contributed by atoms with Gasteiger partial charge in [-0.05, 0) is 37.3 Å². The molecule has 1 saturated carbocycles. The number of aliphatic hydroxyl groups excluding tert-OH is 2. The fourth-order valence-electron chi connectivity index (χ4n) is 1.77. The summed E-state index contributed by atoms with van der Waals surface area (Å²) in [6, 6.07) is 0. The monoisotopic (exact) mass is 168 g/mol. The zero-order chi connectivity index (χ0) is 9.19. The molecule has 2 N–H and O–H groups in total. The molecule has 0 aromatic rings. The highest BCUT2D eigenvalue weighted by Gasteiger charge is 2.46. The summed E-state index contributed by atoms with van der Waals surface area (Å²) in [6.07, 6.45) is 5.31. The molecule has 1 rings (SSSR count). The van der Waals surface area contributed by atoms with E-state index in [0.717, 1.165) is 36.7 Å². The summed E-state index contributed by atoms with van der Waals surface area (Å²) < 4.78 is 0. The second-order valence-corrected chi connectivity index (χ2v) is 3.40. The van der Waals surface area contributed by atoms with E-state index < -0.39 is 0 Å². The molecule has 0 aromatic heterocycles. The molecule has 0 atom stereocenters. The van der Waals surface area contributed by atoms with Gasteiger partial charge in [0.15, 0.2) is 0 Å². The topological polar surface area (TPSA) is 40.5 Å². The summed E-state index contributed by atoms with van der Waals surface area (Å²) in [5.74, 6) is 0. The summed E-state index contributed by atoms with van der Waals surface area (Å²) in [6.45, 7) is 3.93. The van der Waals surface area contributed by atoms with Crippen molar-refractivity contribution < 1.29 is 10.2 Å². The van der Waals surface area contributed by atoms with Gasteiger partial charge in [-0.25, -0.2) is 0 Å². The van der Waals surface area contributed by atoms with E-state index in [2.05, 4.69) is 0 Å². The molecular formula is C10H16O2. The molecule has 1 aliphatic rings. The number of aliphatic hydroxyl groups is 2. The molecule has 1 fully saturated rings. The predicted molar refractivity (Wildman–Crippen MR) is 49.1 cm³/mol. The van der Waals surface area contributed by atoms with Crippen LogP contribution in [0.3, 0.4) is 0 Å². The maximum atomic E-state index is 8.98. The molecule has 0 heterocycles. The van der Waals surface area contributed by atoms with Crippen molar-refractivity contribution in [2.24, 2.45) is 5.41 Å². The number of hydrogen-bond donors (Lipinski definition) is 2. The van der Waals surface area contributed by atoms with E-state index in [4.69, 9.17) is 10.2 Å². The van der Waals surface area contributed by atoms with Crippen LogP contribution in [0, 0.1) is 5.41 Å². The van der Waals surface area contributed by atoms with E-state index >= 15 is 0 Å². The number of hydrogen-bond acceptors (Lipinski definition) is 2. The van der Waals surface area contributed by atoms with Gasteiger partial charge >= 0.3 is 0 Å². The zero-order valence-electron chi connectivity index (χ0n) is 7.67. The van der Waals surface area contributed by atoms with E-state index in [0.29, 0.717) is 0 Å². The van der Waals surface area contributed by atoms with Gasteiger partial charge in [0.25, 0.3) is 0 Å². The Hall–Kier alpha value is -0.920. The van der Waals surface area contributed by atoms with Crippen molar-refractivity contribution in [2.45, 2.75) is 33.1 Å².